The predicted octanol–water partition coefficient (Wildman–Crippen LogP) is 1.01. The van der Waals surface area contributed by atoms with Crippen molar-refractivity contribution in [2.24, 2.45) is 12.9 Å². The predicted molar refractivity (Wildman–Crippen MR) is 68.2 cm³/mol. The summed E-state index contributed by atoms with van der Waals surface area (Å²) < 4.78 is 1.59. The monoisotopic (exact) mass is 266 g/mol. The van der Waals surface area contributed by atoms with Gasteiger partial charge < -0.3 is 10.7 Å². The molecule has 0 aliphatic heterocycles. The molecule has 0 saturated carbocycles. The lowest BCUT2D eigenvalue weighted by molar-refractivity contribution is 0.102. The summed E-state index contributed by atoms with van der Waals surface area (Å²) in [6.07, 6.45) is 4.61. The van der Waals surface area contributed by atoms with E-state index in [0.29, 0.717) is 17.1 Å². The van der Waals surface area contributed by atoms with Crippen molar-refractivity contribution in [3.05, 3.63) is 35.2 Å². The van der Waals surface area contributed by atoms with Gasteiger partial charge >= 0.3 is 0 Å². The molecule has 0 bridgehead atoms. The van der Waals surface area contributed by atoms with Crippen molar-refractivity contribution >= 4 is 29.0 Å². The number of pyridine rings is 1. The number of hydrogen-bond acceptors (Lipinski definition) is 5. The standard InChI is InChI=1S/C10H11ClN6O/c1-17-5-7(4-14-17)15-10(18)6-2-8(11)9(16-12)13-3-6/h2-5H,12H2,1H3,(H,13,16)(H,15,18). The number of nitrogens with two attached hydrogens (primary N) is 1. The number of nitrogen functional groups attached to an aromatic ring is 1. The molecule has 0 aliphatic carbocycles. The maximum absolute atomic E-state index is 11.9. The summed E-state index contributed by atoms with van der Waals surface area (Å²) in [7, 11) is 1.76. The average molecular weight is 267 g/mol. The van der Waals surface area contributed by atoms with Crippen molar-refractivity contribution in [3.8, 4) is 0 Å². The number of amides is 1. The van der Waals surface area contributed by atoms with Crippen LogP contribution in [0.15, 0.2) is 24.7 Å². The van der Waals surface area contributed by atoms with Gasteiger partial charge in [0.05, 0.1) is 22.5 Å². The fraction of sp³-hybridized carbons (Fsp3) is 0.100. The zero-order chi connectivity index (χ0) is 13.1. The van der Waals surface area contributed by atoms with Gasteiger partial charge in [0.2, 0.25) is 0 Å². The Balaban J connectivity index is 2.16. The lowest BCUT2D eigenvalue weighted by atomic mass is 10.2. The normalized spacial score (nSPS) is 10.2. The van der Waals surface area contributed by atoms with Crippen LogP contribution in [0, 0.1) is 0 Å². The lowest BCUT2D eigenvalue weighted by Gasteiger charge is -2.05. The van der Waals surface area contributed by atoms with Crippen LogP contribution in [0.4, 0.5) is 11.5 Å². The van der Waals surface area contributed by atoms with Gasteiger partial charge in [-0.05, 0) is 6.07 Å². The first-order chi connectivity index (χ1) is 8.60. The Bertz CT molecular complexity index is 581. The number of aryl methyl sites for hydroxylation is 1. The zero-order valence-corrected chi connectivity index (χ0v) is 10.3. The van der Waals surface area contributed by atoms with Gasteiger partial charge in [-0.3, -0.25) is 9.48 Å². The second-order valence-electron chi connectivity index (χ2n) is 3.56. The van der Waals surface area contributed by atoms with Crippen molar-refractivity contribution in [2.45, 2.75) is 0 Å². The minimum absolute atomic E-state index is 0.274. The highest BCUT2D eigenvalue weighted by Crippen LogP contribution is 2.19. The van der Waals surface area contributed by atoms with E-state index in [1.54, 1.807) is 24.1 Å². The number of halogens is 1. The van der Waals surface area contributed by atoms with Crippen LogP contribution in [-0.2, 0) is 7.05 Å². The highest BCUT2D eigenvalue weighted by molar-refractivity contribution is 6.33. The molecule has 0 fully saturated rings. The molecule has 7 nitrogen and oxygen atoms in total. The molecule has 0 radical (unpaired) electrons. The third kappa shape index (κ3) is 2.58. The molecule has 0 atom stereocenters. The van der Waals surface area contributed by atoms with E-state index in [2.05, 4.69) is 20.8 Å². The van der Waals surface area contributed by atoms with Gasteiger partial charge in [-0.1, -0.05) is 11.6 Å². The molecule has 0 aromatic carbocycles. The Hall–Kier alpha value is -2.12. The highest BCUT2D eigenvalue weighted by atomic mass is 35.5. The quantitative estimate of drug-likeness (QED) is 0.569. The molecule has 8 heteroatoms. The molecule has 2 rings (SSSR count). The first kappa shape index (κ1) is 12.3. The summed E-state index contributed by atoms with van der Waals surface area (Å²) in [6.45, 7) is 0. The maximum Gasteiger partial charge on any atom is 0.257 e. The molecular formula is C10H11ClN6O. The summed E-state index contributed by atoms with van der Waals surface area (Å²) in [5.74, 6) is 5.19. The Morgan fingerprint density at radius 1 is 1.50 bits per heavy atom. The second-order valence-corrected chi connectivity index (χ2v) is 3.96. The minimum atomic E-state index is -0.319. The number of carbonyl (C=O) groups excluding carboxylic acids is 1. The molecule has 0 aliphatic rings. The third-order valence-corrected chi connectivity index (χ3v) is 2.49. The van der Waals surface area contributed by atoms with Crippen molar-refractivity contribution in [1.29, 1.82) is 0 Å². The average Bonchev–Trinajstić information content (AvgIpc) is 2.74. The number of anilines is 2. The zero-order valence-electron chi connectivity index (χ0n) is 9.51. The van der Waals surface area contributed by atoms with Crippen LogP contribution in [-0.4, -0.2) is 20.7 Å². The lowest BCUT2D eigenvalue weighted by Crippen LogP contribution is -2.14. The SMILES string of the molecule is Cn1cc(NC(=O)c2cnc(NN)c(Cl)c2)cn1. The van der Waals surface area contributed by atoms with E-state index in [1.807, 2.05) is 0 Å². The van der Waals surface area contributed by atoms with Gasteiger partial charge in [0, 0.05) is 19.4 Å². The summed E-state index contributed by atoms with van der Waals surface area (Å²) in [6, 6.07) is 1.48. The first-order valence-electron chi connectivity index (χ1n) is 5.02. The van der Waals surface area contributed by atoms with Gasteiger partial charge in [-0.2, -0.15) is 5.10 Å². The summed E-state index contributed by atoms with van der Waals surface area (Å²) in [5, 5.41) is 6.89. The van der Waals surface area contributed by atoms with Crippen molar-refractivity contribution < 1.29 is 4.79 Å². The van der Waals surface area contributed by atoms with Crippen LogP contribution in [0.3, 0.4) is 0 Å². The molecule has 18 heavy (non-hydrogen) atoms. The maximum atomic E-state index is 11.9. The van der Waals surface area contributed by atoms with E-state index < -0.39 is 0 Å². The Kier molecular flexibility index (Phi) is 3.45. The third-order valence-electron chi connectivity index (χ3n) is 2.20. The van der Waals surface area contributed by atoms with Gasteiger partial charge in [0.15, 0.2) is 5.82 Å². The number of hydrogen-bond donors (Lipinski definition) is 3. The second kappa shape index (κ2) is 5.03. The van der Waals surface area contributed by atoms with Gasteiger partial charge in [0.1, 0.15) is 0 Å². The Morgan fingerprint density at radius 3 is 2.83 bits per heavy atom. The molecular weight excluding hydrogens is 256 g/mol. The summed E-state index contributed by atoms with van der Waals surface area (Å²) in [4.78, 5) is 15.8. The number of nitrogens with one attached hydrogen (secondary N) is 2. The van der Waals surface area contributed by atoms with Gasteiger partial charge in [-0.15, -0.1) is 0 Å². The smallest absolute Gasteiger partial charge is 0.257 e. The molecule has 2 aromatic heterocycles. The van der Waals surface area contributed by atoms with Crippen LogP contribution >= 0.6 is 11.6 Å². The number of carbonyl (C=O) groups is 1. The van der Waals surface area contributed by atoms with Crippen LogP contribution in [0.2, 0.25) is 5.02 Å². The van der Waals surface area contributed by atoms with E-state index in [0.717, 1.165) is 0 Å². The minimum Gasteiger partial charge on any atom is -0.319 e. The number of aromatic nitrogens is 3. The van der Waals surface area contributed by atoms with E-state index in [1.165, 1.54) is 12.3 Å². The van der Waals surface area contributed by atoms with E-state index in [9.17, 15) is 4.79 Å². The van der Waals surface area contributed by atoms with Crippen LogP contribution in [0.25, 0.3) is 0 Å². The van der Waals surface area contributed by atoms with Crippen molar-refractivity contribution in [2.75, 3.05) is 10.7 Å². The Labute approximate surface area is 108 Å². The van der Waals surface area contributed by atoms with E-state index >= 15 is 0 Å². The summed E-state index contributed by atoms with van der Waals surface area (Å²) >= 11 is 5.88. The van der Waals surface area contributed by atoms with Crippen LogP contribution in [0.5, 0.6) is 0 Å². The molecule has 94 valence electrons. The fourth-order valence-corrected chi connectivity index (χ4v) is 1.58. The molecule has 0 unspecified atom stereocenters. The highest BCUT2D eigenvalue weighted by Gasteiger charge is 2.10. The molecule has 0 spiro atoms. The summed E-state index contributed by atoms with van der Waals surface area (Å²) in [5.41, 5.74) is 3.26. The van der Waals surface area contributed by atoms with Crippen LogP contribution in [0.1, 0.15) is 10.4 Å². The number of hydrazine groups is 1. The van der Waals surface area contributed by atoms with Crippen LogP contribution < -0.4 is 16.6 Å². The van der Waals surface area contributed by atoms with E-state index in [-0.39, 0.29) is 10.9 Å². The topological polar surface area (TPSA) is 97.9 Å². The molecule has 2 aromatic rings. The Morgan fingerprint density at radius 2 is 2.28 bits per heavy atom. The van der Waals surface area contributed by atoms with E-state index in [4.69, 9.17) is 17.4 Å². The molecule has 0 saturated heterocycles. The molecule has 2 heterocycles. The largest absolute Gasteiger partial charge is 0.319 e. The van der Waals surface area contributed by atoms with Gasteiger partial charge in [0.25, 0.3) is 5.91 Å². The van der Waals surface area contributed by atoms with Crippen molar-refractivity contribution in [1.82, 2.24) is 14.8 Å². The number of rotatable bonds is 3. The molecule has 1 amide bonds. The number of nitrogens with zero attached hydrogens (tertiary/aromatic N) is 3. The van der Waals surface area contributed by atoms with Crippen molar-refractivity contribution in [3.63, 3.8) is 0 Å². The first-order valence-corrected chi connectivity index (χ1v) is 5.40. The van der Waals surface area contributed by atoms with Gasteiger partial charge in [-0.25, -0.2) is 10.8 Å². The molecule has 4 N–H and O–H groups in total. The fourth-order valence-electron chi connectivity index (χ4n) is 1.36.